The third-order valence-electron chi connectivity index (χ3n) is 7.04. The molecule has 0 unspecified atom stereocenters. The van der Waals surface area contributed by atoms with Crippen molar-refractivity contribution in [1.29, 1.82) is 0 Å². The summed E-state index contributed by atoms with van der Waals surface area (Å²) >= 11 is 0. The Balaban J connectivity index is 1.69. The molecule has 1 saturated heterocycles. The number of nitrogens with two attached hydrogens (primary N) is 1. The Labute approximate surface area is 191 Å². The first-order valence-electron chi connectivity index (χ1n) is 11.8. The van der Waals surface area contributed by atoms with Crippen LogP contribution in [0.2, 0.25) is 0 Å². The minimum atomic E-state index is -0.734. The van der Waals surface area contributed by atoms with E-state index in [1.54, 1.807) is 0 Å². The van der Waals surface area contributed by atoms with Crippen LogP contribution in [0.4, 0.5) is 11.5 Å². The summed E-state index contributed by atoms with van der Waals surface area (Å²) in [5.41, 5.74) is 4.87. The lowest BCUT2D eigenvalue weighted by Crippen LogP contribution is -2.50. The molecule has 10 heteroatoms. The predicted molar refractivity (Wildman–Crippen MR) is 122 cm³/mol. The fraction of sp³-hybridized carbons (Fsp3) is 0.609. The minimum absolute atomic E-state index is 0.0607. The summed E-state index contributed by atoms with van der Waals surface area (Å²) in [5, 5.41) is 0. The number of aromatic amines is 1. The normalized spacial score (nSPS) is 22.8. The van der Waals surface area contributed by atoms with Gasteiger partial charge in [-0.1, -0.05) is 38.3 Å². The predicted octanol–water partition coefficient (Wildman–Crippen LogP) is 1.15. The molecule has 0 spiro atoms. The van der Waals surface area contributed by atoms with Crippen LogP contribution in [-0.4, -0.2) is 44.8 Å². The fourth-order valence-corrected chi connectivity index (χ4v) is 5.26. The van der Waals surface area contributed by atoms with Gasteiger partial charge in [-0.15, -0.1) is 0 Å². The summed E-state index contributed by atoms with van der Waals surface area (Å²) in [7, 11) is 0. The van der Waals surface area contributed by atoms with E-state index in [2.05, 4.69) is 4.98 Å². The number of carbonyl (C=O) groups is 3. The fourth-order valence-electron chi connectivity index (χ4n) is 5.26. The van der Waals surface area contributed by atoms with Gasteiger partial charge in [0, 0.05) is 12.6 Å². The molecule has 0 radical (unpaired) electrons. The largest absolute Gasteiger partial charge is 0.383 e. The van der Waals surface area contributed by atoms with Crippen LogP contribution in [0.3, 0.4) is 0 Å². The van der Waals surface area contributed by atoms with Crippen molar-refractivity contribution < 1.29 is 14.4 Å². The Morgan fingerprint density at radius 3 is 2.27 bits per heavy atom. The molecule has 10 nitrogen and oxygen atoms in total. The van der Waals surface area contributed by atoms with Gasteiger partial charge in [0.2, 0.25) is 17.7 Å². The van der Waals surface area contributed by atoms with E-state index in [1.807, 2.05) is 19.1 Å². The van der Waals surface area contributed by atoms with Crippen LogP contribution in [0.5, 0.6) is 0 Å². The van der Waals surface area contributed by atoms with Gasteiger partial charge in [0.1, 0.15) is 12.4 Å². The van der Waals surface area contributed by atoms with Gasteiger partial charge in [0.25, 0.3) is 5.56 Å². The number of H-pyrrole nitrogens is 1. The molecule has 2 aliphatic carbocycles. The zero-order valence-corrected chi connectivity index (χ0v) is 18.9. The van der Waals surface area contributed by atoms with E-state index in [0.29, 0.717) is 38.6 Å². The minimum Gasteiger partial charge on any atom is -0.383 e. The van der Waals surface area contributed by atoms with E-state index < -0.39 is 35.5 Å². The average Bonchev–Trinajstić information content (AvgIpc) is 3.40. The number of unbranched alkanes of at least 4 members (excludes halogenated alkanes) is 1. The van der Waals surface area contributed by atoms with Crippen molar-refractivity contribution in [2.75, 3.05) is 17.2 Å². The summed E-state index contributed by atoms with van der Waals surface area (Å²) in [4.78, 5) is 69.2. The molecule has 2 heterocycles. The van der Waals surface area contributed by atoms with Gasteiger partial charge in [0.05, 0.1) is 11.8 Å². The van der Waals surface area contributed by atoms with Crippen molar-refractivity contribution in [2.24, 2.45) is 11.8 Å². The Bertz CT molecular complexity index is 1070. The summed E-state index contributed by atoms with van der Waals surface area (Å²) < 4.78 is 1.28. The van der Waals surface area contributed by atoms with E-state index >= 15 is 0 Å². The number of fused-ring (bicyclic) bond motifs is 1. The first kappa shape index (κ1) is 23.0. The summed E-state index contributed by atoms with van der Waals surface area (Å²) in [6.07, 6.45) is 9.39. The quantitative estimate of drug-likeness (QED) is 0.465. The van der Waals surface area contributed by atoms with Crippen molar-refractivity contribution in [3.8, 4) is 0 Å². The topological polar surface area (TPSA) is 139 Å². The zero-order chi connectivity index (χ0) is 23.7. The third kappa shape index (κ3) is 4.14. The van der Waals surface area contributed by atoms with Gasteiger partial charge in [-0.2, -0.15) is 0 Å². The second kappa shape index (κ2) is 9.36. The second-order valence-electron chi connectivity index (χ2n) is 9.12. The van der Waals surface area contributed by atoms with Crippen LogP contribution < -0.4 is 21.9 Å². The number of hydrogen-bond acceptors (Lipinski definition) is 6. The highest BCUT2D eigenvalue weighted by Gasteiger charge is 2.48. The maximum atomic E-state index is 13.6. The van der Waals surface area contributed by atoms with Crippen molar-refractivity contribution >= 4 is 29.2 Å². The van der Waals surface area contributed by atoms with Crippen molar-refractivity contribution in [1.82, 2.24) is 14.5 Å². The number of aromatic nitrogens is 2. The molecule has 1 aliphatic heterocycles. The average molecular weight is 458 g/mol. The van der Waals surface area contributed by atoms with Crippen LogP contribution in [0, 0.1) is 11.8 Å². The van der Waals surface area contributed by atoms with E-state index in [4.69, 9.17) is 5.73 Å². The summed E-state index contributed by atoms with van der Waals surface area (Å²) in [5.74, 6) is -2.14. The van der Waals surface area contributed by atoms with Gasteiger partial charge in [-0.3, -0.25) is 38.5 Å². The van der Waals surface area contributed by atoms with Gasteiger partial charge in [-0.25, -0.2) is 4.79 Å². The van der Waals surface area contributed by atoms with Crippen LogP contribution in [-0.2, 0) is 20.9 Å². The number of anilines is 2. The number of likely N-dealkylation sites (tertiary alicyclic amines) is 1. The first-order valence-corrected chi connectivity index (χ1v) is 11.8. The maximum Gasteiger partial charge on any atom is 0.330 e. The van der Waals surface area contributed by atoms with Gasteiger partial charge >= 0.3 is 5.69 Å². The molecule has 3 N–H and O–H groups in total. The van der Waals surface area contributed by atoms with Gasteiger partial charge in [-0.05, 0) is 32.1 Å². The lowest BCUT2D eigenvalue weighted by atomic mass is 9.85. The second-order valence-corrected chi connectivity index (χ2v) is 9.12. The monoisotopic (exact) mass is 457 g/mol. The number of hydrogen-bond donors (Lipinski definition) is 2. The number of nitrogens with one attached hydrogen (secondary N) is 1. The molecule has 33 heavy (non-hydrogen) atoms. The number of amides is 3. The highest BCUT2D eigenvalue weighted by Crippen LogP contribution is 2.36. The lowest BCUT2D eigenvalue weighted by Gasteiger charge is -2.31. The number of rotatable bonds is 7. The number of allylic oxidation sites excluding steroid dienone is 2. The molecule has 1 aromatic rings. The van der Waals surface area contributed by atoms with Crippen LogP contribution in [0.25, 0.3) is 0 Å². The Morgan fingerprint density at radius 1 is 1.09 bits per heavy atom. The molecule has 0 aromatic carbocycles. The molecule has 0 bridgehead atoms. The molecule has 3 amide bonds. The molecule has 4 rings (SSSR count). The smallest absolute Gasteiger partial charge is 0.330 e. The number of imide groups is 1. The third-order valence-corrected chi connectivity index (χ3v) is 7.04. The van der Waals surface area contributed by atoms with Crippen LogP contribution in [0.15, 0.2) is 21.7 Å². The van der Waals surface area contributed by atoms with E-state index in [9.17, 15) is 24.0 Å². The van der Waals surface area contributed by atoms with Crippen molar-refractivity contribution in [3.63, 3.8) is 0 Å². The van der Waals surface area contributed by atoms with Gasteiger partial charge in [0.15, 0.2) is 5.69 Å². The maximum absolute atomic E-state index is 13.6. The van der Waals surface area contributed by atoms with Gasteiger partial charge < -0.3 is 5.73 Å². The number of carbonyl (C=O) groups excluding carboxylic acids is 3. The molecule has 2 atom stereocenters. The Hall–Kier alpha value is -3.17. The van der Waals surface area contributed by atoms with Crippen LogP contribution >= 0.6 is 0 Å². The number of nitrogen functional groups attached to an aromatic ring is 1. The summed E-state index contributed by atoms with van der Waals surface area (Å²) in [6.45, 7) is 1.85. The van der Waals surface area contributed by atoms with E-state index in [-0.39, 0.29) is 29.4 Å². The molecular weight excluding hydrogens is 426 g/mol. The Kier molecular flexibility index (Phi) is 6.53. The molecule has 3 aliphatic rings. The number of nitrogens with zero attached hydrogens (tertiary/aromatic N) is 3. The van der Waals surface area contributed by atoms with E-state index in [1.165, 1.54) is 9.47 Å². The first-order chi connectivity index (χ1) is 15.8. The zero-order valence-electron chi connectivity index (χ0n) is 18.9. The van der Waals surface area contributed by atoms with Crippen molar-refractivity contribution in [3.05, 3.63) is 33.0 Å². The summed E-state index contributed by atoms with van der Waals surface area (Å²) in [6, 6.07) is -0.283. The molecule has 1 saturated carbocycles. The van der Waals surface area contributed by atoms with Crippen molar-refractivity contribution in [2.45, 2.75) is 70.9 Å². The van der Waals surface area contributed by atoms with E-state index in [0.717, 1.165) is 24.2 Å². The standard InChI is InChI=1S/C23H31N5O5/c1-2-3-12-26-19(24)18(20(30)25-23(26)33)28(14-8-4-5-9-14)17(29)13-27-21(31)15-10-6-7-11-16(15)22(27)32/h6-7,14-16H,2-5,8-13,24H2,1H3,(H,25,30,33)/t15-,16-/m1/s1. The SMILES string of the molecule is CCCCn1c(N)c(N(C(=O)CN2C(=O)[C@@H]3CC=CC[C@H]3C2=O)C2CCCC2)c(=O)[nH]c1=O. The highest BCUT2D eigenvalue weighted by molar-refractivity contribution is 6.09. The molecule has 1 aromatic heterocycles. The molecular formula is C23H31N5O5. The molecule has 178 valence electrons. The lowest BCUT2D eigenvalue weighted by molar-refractivity contribution is -0.143. The highest BCUT2D eigenvalue weighted by atomic mass is 16.2. The van der Waals surface area contributed by atoms with Crippen LogP contribution in [0.1, 0.15) is 58.3 Å². The molecule has 2 fully saturated rings. The Morgan fingerprint density at radius 2 is 1.70 bits per heavy atom.